The average Bonchev–Trinajstić information content (AvgIpc) is 3.99. The fourth-order valence-corrected chi connectivity index (χ4v) is 10.9. The smallest absolute Gasteiger partial charge is 0.0898 e. The molecule has 2 aromatic heterocycles. The van der Waals surface area contributed by atoms with Crippen molar-refractivity contribution in [2.45, 2.75) is 17.4 Å². The SMILES string of the molecule is C1=CC2c3ccccc3N(c3ccc(-c4ccc(-n5c6ccccc6c6ccc7c(c65)-c5cccnc5C75c6ccccc6-c6ccccc65)cc4)cc3)C2C=C1. The first-order chi connectivity index (χ1) is 28.3. The number of rotatable bonds is 3. The first kappa shape index (κ1) is 31.0. The Morgan fingerprint density at radius 2 is 1.14 bits per heavy atom. The molecule has 3 aliphatic carbocycles. The Morgan fingerprint density at radius 3 is 1.93 bits per heavy atom. The quantitative estimate of drug-likeness (QED) is 0.181. The van der Waals surface area contributed by atoms with E-state index in [1.54, 1.807) is 0 Å². The molecule has 0 amide bonds. The predicted octanol–water partition coefficient (Wildman–Crippen LogP) is 12.9. The maximum Gasteiger partial charge on any atom is 0.0898 e. The summed E-state index contributed by atoms with van der Waals surface area (Å²) in [7, 11) is 0. The van der Waals surface area contributed by atoms with E-state index in [0.29, 0.717) is 12.0 Å². The molecule has 0 bridgehead atoms. The summed E-state index contributed by atoms with van der Waals surface area (Å²) in [5.74, 6) is 0.376. The van der Waals surface area contributed by atoms with Crippen LogP contribution in [-0.2, 0) is 5.41 Å². The molecule has 2 unspecified atom stereocenters. The zero-order valence-corrected chi connectivity index (χ0v) is 31.0. The molecule has 1 aliphatic heterocycles. The first-order valence-electron chi connectivity index (χ1n) is 20.0. The van der Waals surface area contributed by atoms with Gasteiger partial charge in [-0.25, -0.2) is 0 Å². The average molecular weight is 726 g/mol. The number of aromatic nitrogens is 2. The lowest BCUT2D eigenvalue weighted by molar-refractivity contribution is 0.745. The number of benzene rings is 7. The summed E-state index contributed by atoms with van der Waals surface area (Å²) in [6.45, 7) is 0. The molecule has 0 fully saturated rings. The number of allylic oxidation sites excluding steroid dienone is 2. The molecule has 2 atom stereocenters. The van der Waals surface area contributed by atoms with Crippen LogP contribution in [0, 0.1) is 0 Å². The molecule has 9 aromatic rings. The zero-order valence-electron chi connectivity index (χ0n) is 31.0. The number of fused-ring (bicyclic) bond motifs is 17. The summed E-state index contributed by atoms with van der Waals surface area (Å²) < 4.78 is 2.49. The van der Waals surface area contributed by atoms with Gasteiger partial charge in [0.05, 0.1) is 28.2 Å². The van der Waals surface area contributed by atoms with Gasteiger partial charge in [-0.2, -0.15) is 0 Å². The topological polar surface area (TPSA) is 21.1 Å². The molecule has 3 heterocycles. The molecule has 3 nitrogen and oxygen atoms in total. The van der Waals surface area contributed by atoms with Gasteiger partial charge in [-0.1, -0.05) is 152 Å². The number of pyridine rings is 1. The van der Waals surface area contributed by atoms with Crippen LogP contribution in [0.15, 0.2) is 200 Å². The van der Waals surface area contributed by atoms with Gasteiger partial charge in [0.25, 0.3) is 0 Å². The van der Waals surface area contributed by atoms with Crippen LogP contribution in [0.1, 0.15) is 33.9 Å². The van der Waals surface area contributed by atoms with Gasteiger partial charge in [0.1, 0.15) is 0 Å². The molecule has 4 aliphatic rings. The highest BCUT2D eigenvalue weighted by molar-refractivity contribution is 6.16. The van der Waals surface area contributed by atoms with E-state index in [4.69, 9.17) is 4.98 Å². The summed E-state index contributed by atoms with van der Waals surface area (Å²) in [6, 6.07) is 63.3. The van der Waals surface area contributed by atoms with Crippen LogP contribution in [0.2, 0.25) is 0 Å². The lowest BCUT2D eigenvalue weighted by Gasteiger charge is -2.29. The lowest BCUT2D eigenvalue weighted by atomic mass is 9.72. The van der Waals surface area contributed by atoms with E-state index in [0.717, 1.165) is 11.4 Å². The van der Waals surface area contributed by atoms with Crippen molar-refractivity contribution in [3.05, 3.63) is 228 Å². The molecular formula is C54H35N3. The van der Waals surface area contributed by atoms with Gasteiger partial charge in [0.15, 0.2) is 0 Å². The Balaban J connectivity index is 0.966. The van der Waals surface area contributed by atoms with Crippen molar-refractivity contribution in [2.75, 3.05) is 4.90 Å². The van der Waals surface area contributed by atoms with Crippen molar-refractivity contribution in [3.63, 3.8) is 0 Å². The minimum Gasteiger partial charge on any atom is -0.333 e. The Bertz CT molecular complexity index is 3150. The fraction of sp³-hybridized carbons (Fsp3) is 0.0556. The second-order valence-electron chi connectivity index (χ2n) is 15.8. The molecule has 3 heteroatoms. The van der Waals surface area contributed by atoms with Crippen molar-refractivity contribution in [3.8, 4) is 39.1 Å². The highest BCUT2D eigenvalue weighted by Crippen LogP contribution is 2.63. The van der Waals surface area contributed by atoms with E-state index in [-0.39, 0.29) is 0 Å². The van der Waals surface area contributed by atoms with Crippen molar-refractivity contribution < 1.29 is 0 Å². The summed E-state index contributed by atoms with van der Waals surface area (Å²) in [5.41, 5.74) is 19.5. The third-order valence-corrected chi connectivity index (χ3v) is 13.2. The highest BCUT2D eigenvalue weighted by Gasteiger charge is 2.53. The predicted molar refractivity (Wildman–Crippen MR) is 234 cm³/mol. The fourth-order valence-electron chi connectivity index (χ4n) is 10.9. The van der Waals surface area contributed by atoms with E-state index >= 15 is 0 Å². The van der Waals surface area contributed by atoms with Gasteiger partial charge in [-0.15, -0.1) is 0 Å². The van der Waals surface area contributed by atoms with Gasteiger partial charge < -0.3 is 9.47 Å². The molecule has 1 spiro atoms. The van der Waals surface area contributed by atoms with Crippen LogP contribution >= 0.6 is 0 Å². The van der Waals surface area contributed by atoms with Gasteiger partial charge in [0.2, 0.25) is 0 Å². The van der Waals surface area contributed by atoms with Gasteiger partial charge >= 0.3 is 0 Å². The Hall–Kier alpha value is -7.23. The van der Waals surface area contributed by atoms with Crippen LogP contribution in [0.4, 0.5) is 11.4 Å². The van der Waals surface area contributed by atoms with Gasteiger partial charge in [0, 0.05) is 51.1 Å². The zero-order chi connectivity index (χ0) is 37.2. The van der Waals surface area contributed by atoms with Crippen LogP contribution in [-0.4, -0.2) is 15.6 Å². The van der Waals surface area contributed by atoms with E-state index < -0.39 is 5.41 Å². The van der Waals surface area contributed by atoms with E-state index in [2.05, 4.69) is 204 Å². The van der Waals surface area contributed by atoms with Gasteiger partial charge in [-0.3, -0.25) is 4.98 Å². The number of hydrogen-bond acceptors (Lipinski definition) is 2. The van der Waals surface area contributed by atoms with Crippen LogP contribution in [0.25, 0.3) is 60.9 Å². The van der Waals surface area contributed by atoms with Crippen molar-refractivity contribution in [2.24, 2.45) is 0 Å². The normalized spacial score (nSPS) is 17.4. The molecule has 0 N–H and O–H groups in total. The maximum absolute atomic E-state index is 5.26. The van der Waals surface area contributed by atoms with Gasteiger partial charge in [-0.05, 0) is 87.0 Å². The largest absolute Gasteiger partial charge is 0.333 e. The third-order valence-electron chi connectivity index (χ3n) is 13.2. The Kier molecular flexibility index (Phi) is 6.21. The second-order valence-corrected chi connectivity index (χ2v) is 15.8. The molecule has 13 rings (SSSR count). The number of para-hydroxylation sites is 2. The lowest BCUT2D eigenvalue weighted by Crippen LogP contribution is -2.28. The molecular weight excluding hydrogens is 691 g/mol. The minimum atomic E-state index is -0.493. The molecule has 0 radical (unpaired) electrons. The molecule has 57 heavy (non-hydrogen) atoms. The molecule has 266 valence electrons. The van der Waals surface area contributed by atoms with Crippen LogP contribution in [0.3, 0.4) is 0 Å². The Labute approximate surface area is 331 Å². The van der Waals surface area contributed by atoms with Crippen LogP contribution in [0.5, 0.6) is 0 Å². The van der Waals surface area contributed by atoms with Crippen molar-refractivity contribution in [1.82, 2.24) is 9.55 Å². The number of anilines is 2. The minimum absolute atomic E-state index is 0.293. The molecule has 7 aromatic carbocycles. The van der Waals surface area contributed by atoms with Crippen molar-refractivity contribution in [1.29, 1.82) is 0 Å². The Morgan fingerprint density at radius 1 is 0.491 bits per heavy atom. The second kappa shape index (κ2) is 11.4. The summed E-state index contributed by atoms with van der Waals surface area (Å²) in [6.07, 6.45) is 11.0. The highest BCUT2D eigenvalue weighted by atomic mass is 15.2. The first-order valence-corrected chi connectivity index (χ1v) is 20.0. The molecule has 0 saturated heterocycles. The van der Waals surface area contributed by atoms with Crippen molar-refractivity contribution >= 4 is 33.2 Å². The summed E-state index contributed by atoms with van der Waals surface area (Å²) in [4.78, 5) is 7.75. The summed E-state index contributed by atoms with van der Waals surface area (Å²) in [5, 5.41) is 2.51. The van der Waals surface area contributed by atoms with Crippen LogP contribution < -0.4 is 4.90 Å². The van der Waals surface area contributed by atoms with E-state index in [1.807, 2.05) is 6.20 Å². The monoisotopic (exact) mass is 725 g/mol. The standard InChI is InChI=1S/C54H35N3/c1-6-18-45-38(12-1)39-13-2-7-19-46(39)54(45)47-32-31-43-42-16-5-10-22-50(42)57(52(43)51(47)44-17-11-33-55-53(44)54)37-29-25-35(26-30-37)34-23-27-36(28-24-34)56-48-20-8-3-14-40(48)41-15-4-9-21-49(41)56/h1-33,40,48H. The third kappa shape index (κ3) is 3.98. The molecule has 0 saturated carbocycles. The summed E-state index contributed by atoms with van der Waals surface area (Å²) >= 11 is 0. The van der Waals surface area contributed by atoms with E-state index in [1.165, 1.54) is 88.8 Å². The number of nitrogens with zero attached hydrogens (tertiary/aromatic N) is 3. The van der Waals surface area contributed by atoms with E-state index in [9.17, 15) is 0 Å². The maximum atomic E-state index is 5.26. The number of hydrogen-bond donors (Lipinski definition) is 0.